The summed E-state index contributed by atoms with van der Waals surface area (Å²) >= 11 is 0. The molecule has 4 atom stereocenters. The van der Waals surface area contributed by atoms with E-state index in [9.17, 15) is 0 Å². The Bertz CT molecular complexity index is 221. The third kappa shape index (κ3) is 3.65. The van der Waals surface area contributed by atoms with Crippen LogP contribution in [0.25, 0.3) is 0 Å². The van der Waals surface area contributed by atoms with Crippen molar-refractivity contribution in [2.45, 2.75) is 75.5 Å². The number of hydrazine groups is 1. The van der Waals surface area contributed by atoms with Gasteiger partial charge in [0, 0.05) is 24.2 Å². The third-order valence-electron chi connectivity index (χ3n) is 4.41. The lowest BCUT2D eigenvalue weighted by Gasteiger charge is -2.36. The Labute approximate surface area is 105 Å². The summed E-state index contributed by atoms with van der Waals surface area (Å²) in [4.78, 5) is 0. The molecule has 0 aromatic heterocycles. The van der Waals surface area contributed by atoms with E-state index >= 15 is 0 Å². The van der Waals surface area contributed by atoms with E-state index in [-0.39, 0.29) is 0 Å². The van der Waals surface area contributed by atoms with Crippen molar-refractivity contribution >= 4 is 0 Å². The van der Waals surface area contributed by atoms with Crippen molar-refractivity contribution in [2.75, 3.05) is 7.05 Å². The molecule has 0 heterocycles. The van der Waals surface area contributed by atoms with E-state index in [0.29, 0.717) is 24.2 Å². The molecule has 4 nitrogen and oxygen atoms in total. The number of likely N-dealkylation sites (N-methyl/N-ethyl adjacent to an activating group) is 1. The number of nitrogens with one attached hydrogen (secondary N) is 3. The zero-order valence-electron chi connectivity index (χ0n) is 11.0. The SMILES string of the molecule is CNC1CCCCC1NNC1CCCCC1N. The normalized spacial score (nSPS) is 39.2. The van der Waals surface area contributed by atoms with E-state index in [4.69, 9.17) is 5.73 Å². The Morgan fingerprint density at radius 3 is 1.94 bits per heavy atom. The summed E-state index contributed by atoms with van der Waals surface area (Å²) in [6.45, 7) is 0. The summed E-state index contributed by atoms with van der Waals surface area (Å²) in [7, 11) is 2.07. The third-order valence-corrected chi connectivity index (χ3v) is 4.41. The molecule has 0 aromatic carbocycles. The van der Waals surface area contributed by atoms with Gasteiger partial charge in [0.1, 0.15) is 0 Å². The fourth-order valence-electron chi connectivity index (χ4n) is 3.20. The summed E-state index contributed by atoms with van der Waals surface area (Å²) in [5.74, 6) is 0. The molecule has 0 amide bonds. The van der Waals surface area contributed by atoms with Crippen LogP contribution >= 0.6 is 0 Å². The van der Waals surface area contributed by atoms with Gasteiger partial charge in [-0.1, -0.05) is 25.7 Å². The second-order valence-corrected chi connectivity index (χ2v) is 5.63. The van der Waals surface area contributed by atoms with Crippen LogP contribution < -0.4 is 21.9 Å². The summed E-state index contributed by atoms with van der Waals surface area (Å²) in [5.41, 5.74) is 13.2. The van der Waals surface area contributed by atoms with Gasteiger partial charge in [0.2, 0.25) is 0 Å². The highest BCUT2D eigenvalue weighted by molar-refractivity contribution is 4.87. The van der Waals surface area contributed by atoms with Crippen molar-refractivity contribution in [3.63, 3.8) is 0 Å². The maximum atomic E-state index is 6.14. The summed E-state index contributed by atoms with van der Waals surface area (Å²) in [6, 6.07) is 1.95. The summed E-state index contributed by atoms with van der Waals surface area (Å²) in [6.07, 6.45) is 10.2. The van der Waals surface area contributed by atoms with Crippen LogP contribution in [0.2, 0.25) is 0 Å². The van der Waals surface area contributed by atoms with E-state index in [1.807, 2.05) is 0 Å². The molecule has 0 aliphatic heterocycles. The van der Waals surface area contributed by atoms with Gasteiger partial charge in [-0.3, -0.25) is 10.9 Å². The molecular weight excluding hydrogens is 212 g/mol. The fourth-order valence-corrected chi connectivity index (χ4v) is 3.20. The zero-order chi connectivity index (χ0) is 12.1. The van der Waals surface area contributed by atoms with Crippen LogP contribution in [0.5, 0.6) is 0 Å². The van der Waals surface area contributed by atoms with Gasteiger partial charge in [-0.05, 0) is 32.7 Å². The Morgan fingerprint density at radius 1 is 0.765 bits per heavy atom. The molecule has 2 fully saturated rings. The Morgan fingerprint density at radius 2 is 1.29 bits per heavy atom. The maximum absolute atomic E-state index is 6.14. The molecule has 2 rings (SSSR count). The molecule has 0 radical (unpaired) electrons. The van der Waals surface area contributed by atoms with Crippen molar-refractivity contribution in [2.24, 2.45) is 5.73 Å². The second-order valence-electron chi connectivity index (χ2n) is 5.63. The van der Waals surface area contributed by atoms with Crippen LogP contribution in [0.15, 0.2) is 0 Å². The minimum atomic E-state index is 0.327. The second kappa shape index (κ2) is 6.69. The molecule has 2 saturated carbocycles. The van der Waals surface area contributed by atoms with Gasteiger partial charge in [0.05, 0.1) is 0 Å². The smallest absolute Gasteiger partial charge is 0.0366 e. The quantitative estimate of drug-likeness (QED) is 0.551. The molecule has 2 aliphatic carbocycles. The van der Waals surface area contributed by atoms with E-state index in [2.05, 4.69) is 23.2 Å². The van der Waals surface area contributed by atoms with Gasteiger partial charge in [0.25, 0.3) is 0 Å². The predicted octanol–water partition coefficient (Wildman–Crippen LogP) is 0.881. The highest BCUT2D eigenvalue weighted by Gasteiger charge is 2.26. The predicted molar refractivity (Wildman–Crippen MR) is 71.6 cm³/mol. The molecule has 0 aromatic rings. The molecule has 0 saturated heterocycles. The largest absolute Gasteiger partial charge is 0.326 e. The fraction of sp³-hybridized carbons (Fsp3) is 1.00. The first-order valence-electron chi connectivity index (χ1n) is 7.25. The molecule has 4 unspecified atom stereocenters. The minimum absolute atomic E-state index is 0.327. The first-order chi connectivity index (χ1) is 8.31. The summed E-state index contributed by atoms with van der Waals surface area (Å²) < 4.78 is 0. The van der Waals surface area contributed by atoms with Crippen molar-refractivity contribution in [3.8, 4) is 0 Å². The average molecular weight is 240 g/mol. The molecule has 5 N–H and O–H groups in total. The maximum Gasteiger partial charge on any atom is 0.0366 e. The highest BCUT2D eigenvalue weighted by atomic mass is 15.4. The number of nitrogens with two attached hydrogens (primary N) is 1. The molecule has 0 spiro atoms. The lowest BCUT2D eigenvalue weighted by Crippen LogP contribution is -2.59. The van der Waals surface area contributed by atoms with Crippen molar-refractivity contribution < 1.29 is 0 Å². The molecule has 2 aliphatic rings. The van der Waals surface area contributed by atoms with Gasteiger partial charge in [0.15, 0.2) is 0 Å². The van der Waals surface area contributed by atoms with E-state index in [1.165, 1.54) is 51.4 Å². The van der Waals surface area contributed by atoms with Crippen molar-refractivity contribution in [1.29, 1.82) is 0 Å². The molecule has 100 valence electrons. The lowest BCUT2D eigenvalue weighted by molar-refractivity contribution is 0.224. The van der Waals surface area contributed by atoms with Crippen LogP contribution in [0.3, 0.4) is 0 Å². The molecule has 0 bridgehead atoms. The van der Waals surface area contributed by atoms with Crippen LogP contribution in [0.1, 0.15) is 51.4 Å². The first-order valence-corrected chi connectivity index (χ1v) is 7.25. The lowest BCUT2D eigenvalue weighted by atomic mass is 9.90. The van der Waals surface area contributed by atoms with Crippen LogP contribution in [0.4, 0.5) is 0 Å². The molecule has 17 heavy (non-hydrogen) atoms. The van der Waals surface area contributed by atoms with E-state index < -0.39 is 0 Å². The molecular formula is C13H28N4. The Kier molecular flexibility index (Phi) is 5.22. The van der Waals surface area contributed by atoms with E-state index in [1.54, 1.807) is 0 Å². The number of hydrogen-bond donors (Lipinski definition) is 4. The first kappa shape index (κ1) is 13.3. The van der Waals surface area contributed by atoms with Crippen LogP contribution in [-0.4, -0.2) is 31.2 Å². The Balaban J connectivity index is 1.75. The average Bonchev–Trinajstić information content (AvgIpc) is 2.38. The van der Waals surface area contributed by atoms with Gasteiger partial charge in [-0.25, -0.2) is 0 Å². The van der Waals surface area contributed by atoms with Crippen molar-refractivity contribution in [3.05, 3.63) is 0 Å². The topological polar surface area (TPSA) is 62.1 Å². The highest BCUT2D eigenvalue weighted by Crippen LogP contribution is 2.19. The van der Waals surface area contributed by atoms with Crippen molar-refractivity contribution in [1.82, 2.24) is 16.2 Å². The zero-order valence-corrected chi connectivity index (χ0v) is 11.0. The van der Waals surface area contributed by atoms with E-state index in [0.717, 1.165) is 0 Å². The van der Waals surface area contributed by atoms with Gasteiger partial charge in [-0.15, -0.1) is 0 Å². The monoisotopic (exact) mass is 240 g/mol. The summed E-state index contributed by atoms with van der Waals surface area (Å²) in [5, 5.41) is 3.42. The van der Waals surface area contributed by atoms with Crippen LogP contribution in [0, 0.1) is 0 Å². The van der Waals surface area contributed by atoms with Crippen LogP contribution in [-0.2, 0) is 0 Å². The standard InChI is InChI=1S/C13H28N4/c1-15-12-8-4-5-9-13(12)17-16-11-7-3-2-6-10(11)14/h10-13,15-17H,2-9,14H2,1H3. The van der Waals surface area contributed by atoms with Gasteiger partial charge >= 0.3 is 0 Å². The van der Waals surface area contributed by atoms with Gasteiger partial charge in [-0.2, -0.15) is 0 Å². The molecule has 4 heteroatoms. The minimum Gasteiger partial charge on any atom is -0.326 e. The number of hydrogen-bond acceptors (Lipinski definition) is 4. The number of rotatable bonds is 4. The Hall–Kier alpha value is -0.160. The van der Waals surface area contributed by atoms with Gasteiger partial charge < -0.3 is 11.1 Å².